The van der Waals surface area contributed by atoms with Crippen LogP contribution in [-0.4, -0.2) is 138 Å². The Morgan fingerprint density at radius 3 is 1.80 bits per heavy atom. The molecule has 3 fully saturated rings. The molecule has 2 aromatic carbocycles. The van der Waals surface area contributed by atoms with Gasteiger partial charge in [-0.3, -0.25) is 9.59 Å². The predicted molar refractivity (Wildman–Crippen MR) is 233 cm³/mol. The molecule has 338 valence electrons. The monoisotopic (exact) mass is 877 g/mol. The highest BCUT2D eigenvalue weighted by atomic mass is 16.5. The Kier molecular flexibility index (Phi) is 14.5. The van der Waals surface area contributed by atoms with Gasteiger partial charge >= 0.3 is 18.3 Å². The maximum Gasteiger partial charge on any atom is 0.409 e. The topological polar surface area (TPSA) is 213 Å². The number of benzene rings is 2. The molecule has 64 heavy (non-hydrogen) atoms. The fourth-order valence-electron chi connectivity index (χ4n) is 8.48. The molecule has 0 aliphatic carbocycles. The first-order valence-corrected chi connectivity index (χ1v) is 21.5. The molecule has 18 nitrogen and oxygen atoms in total. The van der Waals surface area contributed by atoms with Crippen LogP contribution in [0.25, 0.3) is 22.5 Å². The summed E-state index contributed by atoms with van der Waals surface area (Å²) in [4.78, 5) is 85.8. The summed E-state index contributed by atoms with van der Waals surface area (Å²) in [6, 6.07) is 13.1. The molecule has 0 saturated carbocycles. The highest BCUT2D eigenvalue weighted by molar-refractivity contribution is 5.87. The molecule has 3 aliphatic heterocycles. The number of hydrogen-bond acceptors (Lipinski definition) is 11. The normalized spacial score (nSPS) is 18.7. The third-order valence-electron chi connectivity index (χ3n) is 12.1. The molecule has 4 unspecified atom stereocenters. The molecule has 18 heteroatoms. The molecule has 0 radical (unpaired) electrons. The Morgan fingerprint density at radius 1 is 0.703 bits per heavy atom. The van der Waals surface area contributed by atoms with Gasteiger partial charge in [-0.1, -0.05) is 50.0 Å². The zero-order valence-electron chi connectivity index (χ0n) is 36.7. The number of alkyl carbamates (subject to hydrolysis) is 2. The summed E-state index contributed by atoms with van der Waals surface area (Å²) in [5.74, 6) is 6.93. The zero-order valence-corrected chi connectivity index (χ0v) is 36.7. The molecule has 4 atom stereocenters. The molecular formula is C46H55N9O9. The lowest BCUT2D eigenvalue weighted by molar-refractivity contribution is -0.139. The Balaban J connectivity index is 1.00. The number of H-pyrrole nitrogens is 2. The van der Waals surface area contributed by atoms with Crippen LogP contribution in [0.2, 0.25) is 0 Å². The summed E-state index contributed by atoms with van der Waals surface area (Å²) in [7, 11) is 3.85. The van der Waals surface area contributed by atoms with Crippen LogP contribution in [0.15, 0.2) is 60.9 Å². The van der Waals surface area contributed by atoms with Gasteiger partial charge < -0.3 is 54.2 Å². The molecule has 3 saturated heterocycles. The second-order valence-corrected chi connectivity index (χ2v) is 16.3. The minimum absolute atomic E-state index is 0.0431. The maximum atomic E-state index is 13.9. The van der Waals surface area contributed by atoms with Crippen LogP contribution in [0.3, 0.4) is 0 Å². The van der Waals surface area contributed by atoms with Crippen LogP contribution >= 0.6 is 0 Å². The van der Waals surface area contributed by atoms with E-state index in [0.717, 1.165) is 40.8 Å². The molecule has 0 spiro atoms. The van der Waals surface area contributed by atoms with Gasteiger partial charge in [0.2, 0.25) is 11.8 Å². The van der Waals surface area contributed by atoms with Crippen molar-refractivity contribution in [1.29, 1.82) is 0 Å². The number of likely N-dealkylation sites (tertiary alicyclic amines) is 1. The van der Waals surface area contributed by atoms with Crippen molar-refractivity contribution in [2.75, 3.05) is 60.7 Å². The Bertz CT molecular complexity index is 2340. The summed E-state index contributed by atoms with van der Waals surface area (Å²) in [5.41, 5.74) is 4.93. The lowest BCUT2D eigenvalue weighted by Crippen LogP contribution is -2.58. The number of rotatable bonds is 10. The number of hydrogen-bond donors (Lipinski definition) is 4. The average molecular weight is 878 g/mol. The number of imidazole rings is 2. The molecule has 4 aromatic rings. The van der Waals surface area contributed by atoms with Gasteiger partial charge in [0.05, 0.1) is 57.7 Å². The molecular weight excluding hydrogens is 823 g/mol. The van der Waals surface area contributed by atoms with E-state index in [0.29, 0.717) is 49.9 Å². The third kappa shape index (κ3) is 10.3. The Labute approximate surface area is 371 Å². The van der Waals surface area contributed by atoms with E-state index < -0.39 is 36.4 Å². The van der Waals surface area contributed by atoms with Crippen LogP contribution in [0.5, 0.6) is 0 Å². The van der Waals surface area contributed by atoms with Gasteiger partial charge in [-0.25, -0.2) is 24.4 Å². The van der Waals surface area contributed by atoms with Crippen LogP contribution < -0.4 is 10.6 Å². The van der Waals surface area contributed by atoms with Crippen molar-refractivity contribution in [3.63, 3.8) is 0 Å². The van der Waals surface area contributed by atoms with E-state index in [1.807, 2.05) is 67.3 Å². The number of piperazine rings is 1. The first-order chi connectivity index (χ1) is 31.0. The number of carbonyl (C=O) groups excluding carboxylic acids is 5. The van der Waals surface area contributed by atoms with Crippen molar-refractivity contribution >= 4 is 30.1 Å². The number of aromatic amines is 2. The zero-order chi connectivity index (χ0) is 45.3. The molecule has 4 N–H and O–H groups in total. The summed E-state index contributed by atoms with van der Waals surface area (Å²) < 4.78 is 20.1. The molecule has 2 aromatic heterocycles. The van der Waals surface area contributed by atoms with Crippen molar-refractivity contribution in [3.05, 3.63) is 83.7 Å². The fraction of sp³-hybridized carbons (Fsp3) is 0.457. The Morgan fingerprint density at radius 2 is 1.25 bits per heavy atom. The lowest BCUT2D eigenvalue weighted by atomic mass is 9.90. The van der Waals surface area contributed by atoms with E-state index in [9.17, 15) is 24.0 Å². The van der Waals surface area contributed by atoms with Gasteiger partial charge in [0.1, 0.15) is 29.8 Å². The fourth-order valence-corrected chi connectivity index (χ4v) is 8.48. The highest BCUT2D eigenvalue weighted by Gasteiger charge is 2.41. The summed E-state index contributed by atoms with van der Waals surface area (Å²) in [6.07, 6.45) is 4.56. The van der Waals surface area contributed by atoms with E-state index in [2.05, 4.69) is 42.4 Å². The van der Waals surface area contributed by atoms with Crippen molar-refractivity contribution in [2.24, 2.45) is 11.8 Å². The minimum Gasteiger partial charge on any atom is -0.453 e. The first kappa shape index (κ1) is 45.2. The van der Waals surface area contributed by atoms with Gasteiger partial charge in [-0.15, -0.1) is 0 Å². The van der Waals surface area contributed by atoms with E-state index in [-0.39, 0.29) is 49.3 Å². The number of methoxy groups -OCH3 is 3. The second-order valence-electron chi connectivity index (χ2n) is 16.3. The van der Waals surface area contributed by atoms with Crippen molar-refractivity contribution in [2.45, 2.75) is 63.7 Å². The van der Waals surface area contributed by atoms with E-state index in [4.69, 9.17) is 18.9 Å². The van der Waals surface area contributed by atoms with Crippen LogP contribution in [-0.2, 0) is 28.5 Å². The molecule has 5 amide bonds. The number of nitrogens with one attached hydrogen (secondary N) is 4. The number of carbonyl (C=O) groups is 5. The highest BCUT2D eigenvalue weighted by Crippen LogP contribution is 2.34. The third-order valence-corrected chi connectivity index (χ3v) is 12.1. The summed E-state index contributed by atoms with van der Waals surface area (Å²) in [5, 5.41) is 5.44. The SMILES string of the molecule is COC(=O)NC(C(=O)N1CCN(C(=O)OC)CC1c1ncc(-c2ccc(C#Cc3ccc(-c4cnc(C5CCCN5C(=O)C(NC(=O)OC)C5CCOCC5)[nH]4)cc3)cc2)[nH]1)C(C)C. The van der Waals surface area contributed by atoms with Crippen molar-refractivity contribution in [1.82, 2.24) is 45.3 Å². The number of nitrogens with zero attached hydrogens (tertiary/aromatic N) is 5. The lowest BCUT2D eigenvalue weighted by Gasteiger charge is -2.41. The molecule has 0 bridgehead atoms. The predicted octanol–water partition coefficient (Wildman–Crippen LogP) is 5.01. The van der Waals surface area contributed by atoms with Gasteiger partial charge in [0.15, 0.2) is 0 Å². The standard InChI is InChI=1S/C46H55N9O9/c1-28(2)38(51-44(58)61-3)42(56)55-22-21-53(46(60)63-5)27-37(55)41-48-26-35(50-41)32-16-12-30(13-17-32)9-8-29-10-14-31(15-11-29)34-25-47-40(49-34)36-7-6-20-54(36)43(57)39(52-45(59)62-4)33-18-23-64-24-19-33/h10-17,25-26,28,33,36-39H,6-7,18-24,27H2,1-5H3,(H,47,49)(H,48,50)(H,51,58)(H,52,59). The van der Waals surface area contributed by atoms with Crippen LogP contribution in [0.1, 0.15) is 74.4 Å². The van der Waals surface area contributed by atoms with Crippen LogP contribution in [0, 0.1) is 23.7 Å². The Hall–Kier alpha value is -6.87. The quantitative estimate of drug-likeness (QED) is 0.123. The van der Waals surface area contributed by atoms with E-state index >= 15 is 0 Å². The smallest absolute Gasteiger partial charge is 0.409 e. The minimum atomic E-state index is -0.847. The number of aromatic nitrogens is 4. The molecule has 5 heterocycles. The van der Waals surface area contributed by atoms with Crippen LogP contribution in [0.4, 0.5) is 14.4 Å². The molecule has 3 aliphatic rings. The number of amides is 5. The summed E-state index contributed by atoms with van der Waals surface area (Å²) in [6.45, 7) is 5.94. The summed E-state index contributed by atoms with van der Waals surface area (Å²) >= 11 is 0. The number of ether oxygens (including phenoxy) is 4. The van der Waals surface area contributed by atoms with Gasteiger partial charge in [0, 0.05) is 44.0 Å². The second kappa shape index (κ2) is 20.5. The van der Waals surface area contributed by atoms with E-state index in [1.165, 1.54) is 26.2 Å². The van der Waals surface area contributed by atoms with Crippen molar-refractivity contribution < 1.29 is 42.9 Å². The maximum absolute atomic E-state index is 13.9. The molecule has 7 rings (SSSR count). The van der Waals surface area contributed by atoms with Gasteiger partial charge in [0.25, 0.3) is 0 Å². The average Bonchev–Trinajstić information content (AvgIpc) is 4.14. The van der Waals surface area contributed by atoms with E-state index in [1.54, 1.807) is 17.3 Å². The van der Waals surface area contributed by atoms with Gasteiger partial charge in [-0.05, 0) is 72.9 Å². The first-order valence-electron chi connectivity index (χ1n) is 21.5. The largest absolute Gasteiger partial charge is 0.453 e. The van der Waals surface area contributed by atoms with Crippen molar-refractivity contribution in [3.8, 4) is 34.4 Å². The van der Waals surface area contributed by atoms with Gasteiger partial charge in [-0.2, -0.15) is 0 Å².